The van der Waals surface area contributed by atoms with Crippen molar-refractivity contribution in [3.8, 4) is 17.7 Å². The van der Waals surface area contributed by atoms with Crippen molar-refractivity contribution >= 4 is 15.9 Å². The zero-order chi connectivity index (χ0) is 14.5. The molecule has 4 nitrogen and oxygen atoms in total. The second-order valence-electron chi connectivity index (χ2n) is 4.16. The highest BCUT2D eigenvalue weighted by Gasteiger charge is 2.16. The Balaban J connectivity index is 2.48. The molecule has 0 saturated carbocycles. The number of benzene rings is 1. The fourth-order valence-electron chi connectivity index (χ4n) is 1.97. The lowest BCUT2D eigenvalue weighted by atomic mass is 10.0. The molecule has 1 aromatic carbocycles. The standard InChI is InChI=1S/C15H14BrN3O/c1-3-10-11(9-17)15(19-18-13(10)4-2)20-14-8-6-5-7-12(14)16/h5-8H,3-4H2,1-2H3. The predicted molar refractivity (Wildman–Crippen MR) is 79.7 cm³/mol. The third-order valence-electron chi connectivity index (χ3n) is 2.97. The second kappa shape index (κ2) is 6.49. The first kappa shape index (κ1) is 14.5. The minimum absolute atomic E-state index is 0.258. The maximum atomic E-state index is 9.39. The summed E-state index contributed by atoms with van der Waals surface area (Å²) in [6.07, 6.45) is 1.48. The molecule has 0 unspecified atom stereocenters. The highest BCUT2D eigenvalue weighted by Crippen LogP contribution is 2.31. The van der Waals surface area contributed by atoms with Gasteiger partial charge in [-0.15, -0.1) is 5.10 Å². The van der Waals surface area contributed by atoms with Crippen LogP contribution < -0.4 is 4.74 Å². The molecule has 1 heterocycles. The van der Waals surface area contributed by atoms with Gasteiger partial charge in [0.15, 0.2) is 0 Å². The number of nitriles is 1. The van der Waals surface area contributed by atoms with Crippen LogP contribution in [0.5, 0.6) is 11.6 Å². The molecule has 0 aliphatic carbocycles. The number of nitrogens with zero attached hydrogens (tertiary/aromatic N) is 3. The topological polar surface area (TPSA) is 58.8 Å². The lowest BCUT2D eigenvalue weighted by Crippen LogP contribution is -2.05. The summed E-state index contributed by atoms with van der Waals surface area (Å²) < 4.78 is 6.54. The van der Waals surface area contributed by atoms with Crippen LogP contribution in [-0.2, 0) is 12.8 Å². The van der Waals surface area contributed by atoms with E-state index in [0.717, 1.165) is 28.6 Å². The normalized spacial score (nSPS) is 10.1. The molecule has 102 valence electrons. The van der Waals surface area contributed by atoms with Crippen molar-refractivity contribution in [3.63, 3.8) is 0 Å². The summed E-state index contributed by atoms with van der Waals surface area (Å²) in [7, 11) is 0. The van der Waals surface area contributed by atoms with E-state index in [1.807, 2.05) is 38.1 Å². The third-order valence-corrected chi connectivity index (χ3v) is 3.62. The highest BCUT2D eigenvalue weighted by atomic mass is 79.9. The van der Waals surface area contributed by atoms with Gasteiger partial charge in [-0.2, -0.15) is 10.4 Å². The van der Waals surface area contributed by atoms with E-state index in [0.29, 0.717) is 11.3 Å². The molecule has 5 heteroatoms. The minimum atomic E-state index is 0.258. The monoisotopic (exact) mass is 331 g/mol. The van der Waals surface area contributed by atoms with Gasteiger partial charge in [-0.05, 0) is 46.5 Å². The summed E-state index contributed by atoms with van der Waals surface area (Å²) >= 11 is 3.41. The zero-order valence-electron chi connectivity index (χ0n) is 11.4. The Hall–Kier alpha value is -1.93. The molecule has 1 aromatic heterocycles. The van der Waals surface area contributed by atoms with Gasteiger partial charge in [-0.3, -0.25) is 0 Å². The van der Waals surface area contributed by atoms with Gasteiger partial charge in [-0.25, -0.2) is 0 Å². The number of hydrogen-bond donors (Lipinski definition) is 0. The summed E-state index contributed by atoms with van der Waals surface area (Å²) in [6.45, 7) is 4.00. The molecular formula is C15H14BrN3O. The Morgan fingerprint density at radius 1 is 1.20 bits per heavy atom. The van der Waals surface area contributed by atoms with E-state index in [4.69, 9.17) is 4.74 Å². The van der Waals surface area contributed by atoms with Crippen LogP contribution in [0.25, 0.3) is 0 Å². The van der Waals surface area contributed by atoms with E-state index >= 15 is 0 Å². The van der Waals surface area contributed by atoms with Crippen LogP contribution >= 0.6 is 15.9 Å². The molecule has 0 saturated heterocycles. The largest absolute Gasteiger partial charge is 0.435 e. The molecule has 0 spiro atoms. The molecule has 0 aliphatic heterocycles. The number of ether oxygens (including phenoxy) is 1. The number of halogens is 1. The van der Waals surface area contributed by atoms with Crippen LogP contribution in [0.2, 0.25) is 0 Å². The Bertz CT molecular complexity index is 665. The first-order valence-electron chi connectivity index (χ1n) is 6.42. The van der Waals surface area contributed by atoms with Crippen LogP contribution in [0.4, 0.5) is 0 Å². The maximum Gasteiger partial charge on any atom is 0.257 e. The van der Waals surface area contributed by atoms with Gasteiger partial charge in [-0.1, -0.05) is 26.0 Å². The molecule has 2 rings (SSSR count). The van der Waals surface area contributed by atoms with Crippen LogP contribution in [0.1, 0.15) is 30.7 Å². The van der Waals surface area contributed by atoms with Crippen molar-refractivity contribution in [1.29, 1.82) is 5.26 Å². The van der Waals surface area contributed by atoms with Gasteiger partial charge in [0.25, 0.3) is 5.88 Å². The third kappa shape index (κ3) is 2.81. The Morgan fingerprint density at radius 2 is 1.95 bits per heavy atom. The lowest BCUT2D eigenvalue weighted by molar-refractivity contribution is 0.448. The molecule has 20 heavy (non-hydrogen) atoms. The van der Waals surface area contributed by atoms with Gasteiger partial charge in [0.05, 0.1) is 10.2 Å². The molecule has 0 amide bonds. The molecule has 0 radical (unpaired) electrons. The van der Waals surface area contributed by atoms with Crippen LogP contribution in [0.15, 0.2) is 28.7 Å². The average molecular weight is 332 g/mol. The van der Waals surface area contributed by atoms with Gasteiger partial charge in [0.1, 0.15) is 17.4 Å². The van der Waals surface area contributed by atoms with Crippen molar-refractivity contribution in [2.24, 2.45) is 0 Å². The van der Waals surface area contributed by atoms with Crippen molar-refractivity contribution in [3.05, 3.63) is 45.6 Å². The quantitative estimate of drug-likeness (QED) is 0.848. The van der Waals surface area contributed by atoms with Crippen LogP contribution in [0.3, 0.4) is 0 Å². The van der Waals surface area contributed by atoms with E-state index in [1.54, 1.807) is 0 Å². The predicted octanol–water partition coefficient (Wildman–Crippen LogP) is 4.03. The second-order valence-corrected chi connectivity index (χ2v) is 5.01. The van der Waals surface area contributed by atoms with Crippen molar-refractivity contribution in [2.45, 2.75) is 26.7 Å². The van der Waals surface area contributed by atoms with E-state index in [9.17, 15) is 5.26 Å². The molecule has 0 N–H and O–H groups in total. The van der Waals surface area contributed by atoms with E-state index in [-0.39, 0.29) is 5.88 Å². The average Bonchev–Trinajstić information content (AvgIpc) is 2.48. The SMILES string of the molecule is CCc1nnc(Oc2ccccc2Br)c(C#N)c1CC. The van der Waals surface area contributed by atoms with Gasteiger partial charge < -0.3 is 4.74 Å². The summed E-state index contributed by atoms with van der Waals surface area (Å²) in [5, 5.41) is 17.6. The van der Waals surface area contributed by atoms with E-state index in [1.165, 1.54) is 0 Å². The molecule has 0 fully saturated rings. The van der Waals surface area contributed by atoms with Crippen molar-refractivity contribution in [1.82, 2.24) is 10.2 Å². The Morgan fingerprint density at radius 3 is 2.55 bits per heavy atom. The fourth-order valence-corrected chi connectivity index (χ4v) is 2.34. The Labute approximate surface area is 126 Å². The number of rotatable bonds is 4. The number of para-hydroxylation sites is 1. The summed E-state index contributed by atoms with van der Waals surface area (Å²) in [6, 6.07) is 9.63. The smallest absolute Gasteiger partial charge is 0.257 e. The maximum absolute atomic E-state index is 9.39. The fraction of sp³-hybridized carbons (Fsp3) is 0.267. The number of aromatic nitrogens is 2. The van der Waals surface area contributed by atoms with Gasteiger partial charge in [0, 0.05) is 0 Å². The minimum Gasteiger partial charge on any atom is -0.435 e. The van der Waals surface area contributed by atoms with Crippen LogP contribution in [-0.4, -0.2) is 10.2 Å². The lowest BCUT2D eigenvalue weighted by Gasteiger charge is -2.11. The highest BCUT2D eigenvalue weighted by molar-refractivity contribution is 9.10. The summed E-state index contributed by atoms with van der Waals surface area (Å²) in [5.41, 5.74) is 2.23. The Kier molecular flexibility index (Phi) is 4.70. The number of aryl methyl sites for hydroxylation is 1. The van der Waals surface area contributed by atoms with E-state index in [2.05, 4.69) is 32.2 Å². The molecule has 0 atom stereocenters. The first-order chi connectivity index (χ1) is 9.71. The first-order valence-corrected chi connectivity index (χ1v) is 7.21. The molecule has 0 bridgehead atoms. The van der Waals surface area contributed by atoms with Gasteiger partial charge >= 0.3 is 0 Å². The molecular weight excluding hydrogens is 318 g/mol. The summed E-state index contributed by atoms with van der Waals surface area (Å²) in [4.78, 5) is 0. The molecule has 2 aromatic rings. The van der Waals surface area contributed by atoms with Crippen LogP contribution in [0, 0.1) is 11.3 Å². The van der Waals surface area contributed by atoms with Crippen molar-refractivity contribution in [2.75, 3.05) is 0 Å². The zero-order valence-corrected chi connectivity index (χ0v) is 12.9. The summed E-state index contributed by atoms with van der Waals surface area (Å²) in [5.74, 6) is 0.873. The van der Waals surface area contributed by atoms with Crippen molar-refractivity contribution < 1.29 is 4.74 Å². The van der Waals surface area contributed by atoms with Gasteiger partial charge in [0.2, 0.25) is 0 Å². The number of hydrogen-bond acceptors (Lipinski definition) is 4. The van der Waals surface area contributed by atoms with E-state index < -0.39 is 0 Å². The molecule has 0 aliphatic rings.